The molecule has 19 heavy (non-hydrogen) atoms. The van der Waals surface area contributed by atoms with Gasteiger partial charge < -0.3 is 9.88 Å². The first-order valence-corrected chi connectivity index (χ1v) is 7.96. The first-order chi connectivity index (χ1) is 9.19. The highest BCUT2D eigenvalue weighted by molar-refractivity contribution is 5.28. The van der Waals surface area contributed by atoms with Crippen molar-refractivity contribution >= 4 is 5.95 Å². The molecular formula is C16H29N3. The molecule has 1 saturated carbocycles. The SMILES string of the molecule is CCCNc1nc(C)cn1CCC1CCCC(C)C1. The molecule has 1 fully saturated rings. The Balaban J connectivity index is 1.87. The van der Waals surface area contributed by atoms with E-state index in [1.807, 2.05) is 0 Å². The number of aryl methyl sites for hydroxylation is 2. The fourth-order valence-corrected chi connectivity index (χ4v) is 3.24. The van der Waals surface area contributed by atoms with Crippen molar-refractivity contribution in [3.05, 3.63) is 11.9 Å². The largest absolute Gasteiger partial charge is 0.356 e. The fourth-order valence-electron chi connectivity index (χ4n) is 3.24. The summed E-state index contributed by atoms with van der Waals surface area (Å²) in [7, 11) is 0. The highest BCUT2D eigenvalue weighted by atomic mass is 15.2. The predicted octanol–water partition coefficient (Wildman–Crippen LogP) is 4.23. The van der Waals surface area contributed by atoms with Crippen LogP contribution in [0.1, 0.15) is 58.1 Å². The summed E-state index contributed by atoms with van der Waals surface area (Å²) >= 11 is 0. The van der Waals surface area contributed by atoms with Crippen LogP contribution in [-0.4, -0.2) is 16.1 Å². The minimum Gasteiger partial charge on any atom is -0.356 e. The van der Waals surface area contributed by atoms with Crippen LogP contribution in [0.3, 0.4) is 0 Å². The standard InChI is InChI=1S/C16H29N3/c1-4-9-17-16-18-14(3)12-19(16)10-8-15-7-5-6-13(2)11-15/h12-13,15H,4-11H2,1-3H3,(H,17,18). The van der Waals surface area contributed by atoms with E-state index in [2.05, 4.69) is 41.8 Å². The lowest BCUT2D eigenvalue weighted by Crippen LogP contribution is -2.16. The van der Waals surface area contributed by atoms with E-state index in [1.54, 1.807) is 0 Å². The van der Waals surface area contributed by atoms with Crippen LogP contribution in [0.2, 0.25) is 0 Å². The summed E-state index contributed by atoms with van der Waals surface area (Å²) in [6, 6.07) is 0. The molecule has 108 valence electrons. The van der Waals surface area contributed by atoms with E-state index >= 15 is 0 Å². The van der Waals surface area contributed by atoms with Crippen LogP contribution in [0.4, 0.5) is 5.95 Å². The summed E-state index contributed by atoms with van der Waals surface area (Å²) in [6.07, 6.45) is 10.3. The average molecular weight is 263 g/mol. The Labute approximate surface area is 117 Å². The third-order valence-corrected chi connectivity index (χ3v) is 4.25. The van der Waals surface area contributed by atoms with E-state index < -0.39 is 0 Å². The van der Waals surface area contributed by atoms with E-state index in [1.165, 1.54) is 32.1 Å². The molecule has 2 unspecified atom stereocenters. The van der Waals surface area contributed by atoms with Crippen LogP contribution < -0.4 is 5.32 Å². The smallest absolute Gasteiger partial charge is 0.203 e. The lowest BCUT2D eigenvalue weighted by atomic mass is 9.81. The molecule has 0 radical (unpaired) electrons. The first-order valence-electron chi connectivity index (χ1n) is 7.96. The molecule has 0 aliphatic heterocycles. The van der Waals surface area contributed by atoms with Crippen molar-refractivity contribution in [3.8, 4) is 0 Å². The Hall–Kier alpha value is -0.990. The van der Waals surface area contributed by atoms with Gasteiger partial charge in [0, 0.05) is 19.3 Å². The van der Waals surface area contributed by atoms with Gasteiger partial charge in [0.25, 0.3) is 0 Å². The molecule has 1 aromatic heterocycles. The van der Waals surface area contributed by atoms with Crippen LogP contribution in [-0.2, 0) is 6.54 Å². The molecule has 1 heterocycles. The summed E-state index contributed by atoms with van der Waals surface area (Å²) in [5.74, 6) is 2.91. The minimum absolute atomic E-state index is 0.922. The summed E-state index contributed by atoms with van der Waals surface area (Å²) in [5.41, 5.74) is 1.12. The molecule has 0 bridgehead atoms. The van der Waals surface area contributed by atoms with Gasteiger partial charge in [-0.3, -0.25) is 0 Å². The van der Waals surface area contributed by atoms with E-state index in [4.69, 9.17) is 0 Å². The van der Waals surface area contributed by atoms with Gasteiger partial charge in [-0.05, 0) is 38.0 Å². The van der Waals surface area contributed by atoms with Crippen molar-refractivity contribution in [2.24, 2.45) is 11.8 Å². The molecule has 3 heteroatoms. The van der Waals surface area contributed by atoms with Gasteiger partial charge in [0.05, 0.1) is 5.69 Å². The van der Waals surface area contributed by atoms with Crippen molar-refractivity contribution < 1.29 is 0 Å². The number of aromatic nitrogens is 2. The molecule has 1 aromatic rings. The first kappa shape index (κ1) is 14.4. The second-order valence-electron chi connectivity index (χ2n) is 6.25. The molecule has 1 aliphatic rings. The summed E-state index contributed by atoms with van der Waals surface area (Å²) in [5, 5.41) is 3.43. The molecule has 0 aromatic carbocycles. The summed E-state index contributed by atoms with van der Waals surface area (Å²) in [6.45, 7) is 8.80. The molecule has 0 spiro atoms. The van der Waals surface area contributed by atoms with Gasteiger partial charge >= 0.3 is 0 Å². The number of anilines is 1. The predicted molar refractivity (Wildman–Crippen MR) is 81.5 cm³/mol. The van der Waals surface area contributed by atoms with Gasteiger partial charge in [-0.2, -0.15) is 0 Å². The van der Waals surface area contributed by atoms with Gasteiger partial charge in [0.1, 0.15) is 0 Å². The third-order valence-electron chi connectivity index (χ3n) is 4.25. The minimum atomic E-state index is 0.922. The second kappa shape index (κ2) is 6.97. The Morgan fingerprint density at radius 2 is 2.26 bits per heavy atom. The highest BCUT2D eigenvalue weighted by Gasteiger charge is 2.19. The van der Waals surface area contributed by atoms with Gasteiger partial charge in [-0.25, -0.2) is 4.98 Å². The lowest BCUT2D eigenvalue weighted by molar-refractivity contribution is 0.261. The second-order valence-corrected chi connectivity index (χ2v) is 6.25. The number of nitrogens with zero attached hydrogens (tertiary/aromatic N) is 2. The highest BCUT2D eigenvalue weighted by Crippen LogP contribution is 2.31. The zero-order valence-electron chi connectivity index (χ0n) is 12.8. The van der Waals surface area contributed by atoms with E-state index in [0.29, 0.717) is 0 Å². The monoisotopic (exact) mass is 263 g/mol. The fraction of sp³-hybridized carbons (Fsp3) is 0.812. The molecule has 1 N–H and O–H groups in total. The Bertz CT molecular complexity index is 383. The van der Waals surface area contributed by atoms with Gasteiger partial charge in [-0.1, -0.05) is 33.1 Å². The van der Waals surface area contributed by atoms with Crippen LogP contribution in [0.15, 0.2) is 6.20 Å². The van der Waals surface area contributed by atoms with Crippen molar-refractivity contribution in [3.63, 3.8) is 0 Å². The molecule has 2 atom stereocenters. The summed E-state index contributed by atoms with van der Waals surface area (Å²) in [4.78, 5) is 4.58. The average Bonchev–Trinajstić information content (AvgIpc) is 2.74. The maximum atomic E-state index is 4.58. The molecular weight excluding hydrogens is 234 g/mol. The maximum Gasteiger partial charge on any atom is 0.203 e. The maximum absolute atomic E-state index is 4.58. The summed E-state index contributed by atoms with van der Waals surface area (Å²) < 4.78 is 2.31. The number of rotatable bonds is 6. The van der Waals surface area contributed by atoms with Crippen LogP contribution in [0, 0.1) is 18.8 Å². The molecule has 1 aliphatic carbocycles. The molecule has 3 nitrogen and oxygen atoms in total. The van der Waals surface area contributed by atoms with Gasteiger partial charge in [0.2, 0.25) is 5.95 Å². The van der Waals surface area contributed by atoms with Crippen LogP contribution in [0.5, 0.6) is 0 Å². The van der Waals surface area contributed by atoms with E-state index in [9.17, 15) is 0 Å². The number of imidazole rings is 1. The normalized spacial score (nSPS) is 23.5. The third kappa shape index (κ3) is 4.26. The van der Waals surface area contributed by atoms with Crippen molar-refractivity contribution in [2.75, 3.05) is 11.9 Å². The number of nitrogens with one attached hydrogen (secondary N) is 1. The van der Waals surface area contributed by atoms with Gasteiger partial charge in [0.15, 0.2) is 0 Å². The Morgan fingerprint density at radius 3 is 3.00 bits per heavy atom. The van der Waals surface area contributed by atoms with Crippen LogP contribution in [0.25, 0.3) is 0 Å². The zero-order valence-corrected chi connectivity index (χ0v) is 12.8. The van der Waals surface area contributed by atoms with Crippen molar-refractivity contribution in [1.29, 1.82) is 0 Å². The topological polar surface area (TPSA) is 29.9 Å². The van der Waals surface area contributed by atoms with Crippen LogP contribution >= 0.6 is 0 Å². The molecule has 0 saturated heterocycles. The van der Waals surface area contributed by atoms with Gasteiger partial charge in [-0.15, -0.1) is 0 Å². The number of hydrogen-bond acceptors (Lipinski definition) is 2. The van der Waals surface area contributed by atoms with E-state index in [0.717, 1.165) is 43.0 Å². The molecule has 0 amide bonds. The lowest BCUT2D eigenvalue weighted by Gasteiger charge is -2.26. The zero-order chi connectivity index (χ0) is 13.7. The van der Waals surface area contributed by atoms with Crippen molar-refractivity contribution in [2.45, 2.75) is 65.8 Å². The molecule has 2 rings (SSSR count). The Kier molecular flexibility index (Phi) is 5.29. The van der Waals surface area contributed by atoms with Crippen molar-refractivity contribution in [1.82, 2.24) is 9.55 Å². The Morgan fingerprint density at radius 1 is 1.42 bits per heavy atom. The quantitative estimate of drug-likeness (QED) is 0.832. The number of hydrogen-bond donors (Lipinski definition) is 1. The van der Waals surface area contributed by atoms with E-state index in [-0.39, 0.29) is 0 Å².